The first-order valence-corrected chi connectivity index (χ1v) is 7.49. The van der Waals surface area contributed by atoms with Gasteiger partial charge in [-0.2, -0.15) is 0 Å². The Morgan fingerprint density at radius 1 is 0.722 bits per heavy atom. The molecule has 0 spiro atoms. The van der Waals surface area contributed by atoms with E-state index >= 15 is 0 Å². The molecule has 0 aromatic carbocycles. The summed E-state index contributed by atoms with van der Waals surface area (Å²) < 4.78 is 0. The molecule has 104 valence electrons. The van der Waals surface area contributed by atoms with Crippen LogP contribution in [-0.4, -0.2) is 60.0 Å². The standard InChI is InChI=1S/C15H30O2.Ba/c1-2-3-4-5-6-7-8-9-10-11-12-13-14-15(16)17;/h2-14H2,1H3,(H,16,17);. The van der Waals surface area contributed by atoms with E-state index in [1.54, 1.807) is 0 Å². The zero-order valence-electron chi connectivity index (χ0n) is 12.3. The summed E-state index contributed by atoms with van der Waals surface area (Å²) in [6.07, 6.45) is 15.8. The predicted molar refractivity (Wildman–Crippen MR) is 79.1 cm³/mol. The third kappa shape index (κ3) is 19.4. The summed E-state index contributed by atoms with van der Waals surface area (Å²) in [4.78, 5) is 10.3. The number of carboxylic acid groups (broad SMARTS) is 1. The van der Waals surface area contributed by atoms with E-state index in [1.807, 2.05) is 0 Å². The van der Waals surface area contributed by atoms with Crippen molar-refractivity contribution in [1.29, 1.82) is 0 Å². The van der Waals surface area contributed by atoms with Crippen LogP contribution in [-0.2, 0) is 4.79 Å². The molecule has 3 heteroatoms. The minimum atomic E-state index is -0.655. The third-order valence-electron chi connectivity index (χ3n) is 3.24. The Kier molecular flexibility index (Phi) is 21.4. The first-order valence-electron chi connectivity index (χ1n) is 7.49. The van der Waals surface area contributed by atoms with Crippen molar-refractivity contribution in [2.24, 2.45) is 0 Å². The Hall–Kier alpha value is 1.04. The van der Waals surface area contributed by atoms with Crippen molar-refractivity contribution in [3.8, 4) is 0 Å². The van der Waals surface area contributed by atoms with Gasteiger partial charge in [-0.05, 0) is 6.42 Å². The molecule has 0 aliphatic rings. The molecule has 0 aromatic heterocycles. The van der Waals surface area contributed by atoms with Crippen molar-refractivity contribution in [3.63, 3.8) is 0 Å². The maximum absolute atomic E-state index is 10.3. The average molecular weight is 380 g/mol. The number of aliphatic carboxylic acids is 1. The summed E-state index contributed by atoms with van der Waals surface area (Å²) in [6, 6.07) is 0. The molecule has 0 saturated heterocycles. The number of unbranched alkanes of at least 4 members (excludes halogenated alkanes) is 11. The van der Waals surface area contributed by atoms with Gasteiger partial charge in [0.25, 0.3) is 0 Å². The van der Waals surface area contributed by atoms with Crippen LogP contribution >= 0.6 is 0 Å². The summed E-state index contributed by atoms with van der Waals surface area (Å²) >= 11 is 0. The quantitative estimate of drug-likeness (QED) is 0.369. The first-order chi connectivity index (χ1) is 8.27. The van der Waals surface area contributed by atoms with E-state index in [4.69, 9.17) is 5.11 Å². The molecular weight excluding hydrogens is 349 g/mol. The van der Waals surface area contributed by atoms with E-state index in [0.717, 1.165) is 12.8 Å². The molecule has 0 bridgehead atoms. The SMILES string of the molecule is CCCCCCCCCCCCCCC(=O)O.[Ba]. The van der Waals surface area contributed by atoms with E-state index in [2.05, 4.69) is 6.92 Å². The molecule has 0 saturated carbocycles. The fourth-order valence-electron chi connectivity index (χ4n) is 2.12. The maximum Gasteiger partial charge on any atom is 0.303 e. The van der Waals surface area contributed by atoms with Gasteiger partial charge in [0.05, 0.1) is 0 Å². The third-order valence-corrected chi connectivity index (χ3v) is 3.24. The second kappa shape index (κ2) is 18.0. The van der Waals surface area contributed by atoms with Crippen molar-refractivity contribution in [2.45, 2.75) is 90.4 Å². The largest absolute Gasteiger partial charge is 0.481 e. The maximum atomic E-state index is 10.3. The van der Waals surface area contributed by atoms with Gasteiger partial charge in [-0.1, -0.05) is 77.6 Å². The van der Waals surface area contributed by atoms with Crippen LogP contribution in [0.15, 0.2) is 0 Å². The number of hydrogen-bond acceptors (Lipinski definition) is 1. The predicted octanol–water partition coefficient (Wildman–Crippen LogP) is 4.78. The molecule has 0 rings (SSSR count). The molecule has 0 aliphatic heterocycles. The minimum Gasteiger partial charge on any atom is -0.481 e. The van der Waals surface area contributed by atoms with Gasteiger partial charge in [-0.25, -0.2) is 0 Å². The molecule has 1 N–H and O–H groups in total. The molecule has 2 radical (unpaired) electrons. The molecule has 0 heterocycles. The van der Waals surface area contributed by atoms with Gasteiger partial charge in [0, 0.05) is 55.3 Å². The van der Waals surface area contributed by atoms with E-state index < -0.39 is 5.97 Å². The fraction of sp³-hybridized carbons (Fsp3) is 0.933. The summed E-state index contributed by atoms with van der Waals surface area (Å²) in [5.74, 6) is -0.655. The smallest absolute Gasteiger partial charge is 0.303 e. The molecule has 18 heavy (non-hydrogen) atoms. The van der Waals surface area contributed by atoms with Crippen LogP contribution in [0.5, 0.6) is 0 Å². The van der Waals surface area contributed by atoms with Gasteiger partial charge < -0.3 is 5.11 Å². The van der Waals surface area contributed by atoms with Crippen LogP contribution in [0.4, 0.5) is 0 Å². The molecular formula is C15H30BaO2. The topological polar surface area (TPSA) is 37.3 Å². The summed E-state index contributed by atoms with van der Waals surface area (Å²) in [5, 5.41) is 8.47. The van der Waals surface area contributed by atoms with Crippen LogP contribution < -0.4 is 0 Å². The number of carbonyl (C=O) groups is 1. The van der Waals surface area contributed by atoms with Crippen LogP contribution in [0, 0.1) is 0 Å². The molecule has 0 atom stereocenters. The second-order valence-electron chi connectivity index (χ2n) is 5.03. The van der Waals surface area contributed by atoms with Crippen molar-refractivity contribution >= 4 is 54.9 Å². The molecule has 0 aliphatic carbocycles. The molecule has 2 nitrogen and oxygen atoms in total. The van der Waals surface area contributed by atoms with E-state index in [1.165, 1.54) is 64.2 Å². The number of carboxylic acids is 1. The van der Waals surface area contributed by atoms with Gasteiger partial charge in [0.15, 0.2) is 0 Å². The van der Waals surface area contributed by atoms with Crippen LogP contribution in [0.1, 0.15) is 90.4 Å². The molecule has 0 unspecified atom stereocenters. The number of rotatable bonds is 13. The Labute approximate surface area is 153 Å². The molecule has 0 fully saturated rings. The van der Waals surface area contributed by atoms with Crippen molar-refractivity contribution in [1.82, 2.24) is 0 Å². The Morgan fingerprint density at radius 3 is 1.39 bits per heavy atom. The van der Waals surface area contributed by atoms with Crippen molar-refractivity contribution in [3.05, 3.63) is 0 Å². The van der Waals surface area contributed by atoms with Gasteiger partial charge in [0.1, 0.15) is 0 Å². The fourth-order valence-corrected chi connectivity index (χ4v) is 2.12. The summed E-state index contributed by atoms with van der Waals surface area (Å²) in [5.41, 5.74) is 0. The van der Waals surface area contributed by atoms with Crippen LogP contribution in [0.2, 0.25) is 0 Å². The summed E-state index contributed by atoms with van der Waals surface area (Å²) in [7, 11) is 0. The normalized spacial score (nSPS) is 10.1. The monoisotopic (exact) mass is 380 g/mol. The van der Waals surface area contributed by atoms with Crippen molar-refractivity contribution in [2.75, 3.05) is 0 Å². The first kappa shape index (κ1) is 21.3. The zero-order valence-corrected chi connectivity index (χ0v) is 16.7. The van der Waals surface area contributed by atoms with Gasteiger partial charge in [-0.3, -0.25) is 4.79 Å². The van der Waals surface area contributed by atoms with E-state index in [0.29, 0.717) is 6.42 Å². The number of hydrogen-bond donors (Lipinski definition) is 1. The van der Waals surface area contributed by atoms with E-state index in [9.17, 15) is 4.79 Å². The molecule has 0 aromatic rings. The molecule has 0 amide bonds. The zero-order chi connectivity index (χ0) is 12.8. The second-order valence-corrected chi connectivity index (χ2v) is 5.03. The van der Waals surface area contributed by atoms with Gasteiger partial charge >= 0.3 is 5.97 Å². The van der Waals surface area contributed by atoms with Crippen LogP contribution in [0.3, 0.4) is 0 Å². The average Bonchev–Trinajstić information content (AvgIpc) is 2.30. The Bertz CT molecular complexity index is 172. The van der Waals surface area contributed by atoms with E-state index in [-0.39, 0.29) is 48.9 Å². The summed E-state index contributed by atoms with van der Waals surface area (Å²) in [6.45, 7) is 2.25. The minimum absolute atomic E-state index is 0. The Morgan fingerprint density at radius 2 is 1.06 bits per heavy atom. The van der Waals surface area contributed by atoms with Crippen LogP contribution in [0.25, 0.3) is 0 Å². The van der Waals surface area contributed by atoms with Crippen molar-refractivity contribution < 1.29 is 9.90 Å². The van der Waals surface area contributed by atoms with Gasteiger partial charge in [-0.15, -0.1) is 0 Å². The van der Waals surface area contributed by atoms with Gasteiger partial charge in [0.2, 0.25) is 0 Å². The Balaban J connectivity index is 0.